The van der Waals surface area contributed by atoms with Crippen LogP contribution in [-0.2, 0) is 11.3 Å². The molecule has 1 saturated heterocycles. The van der Waals surface area contributed by atoms with E-state index in [0.717, 1.165) is 35.0 Å². The third-order valence-electron chi connectivity index (χ3n) is 5.87. The summed E-state index contributed by atoms with van der Waals surface area (Å²) >= 11 is 0. The van der Waals surface area contributed by atoms with Crippen LogP contribution in [-0.4, -0.2) is 44.9 Å². The van der Waals surface area contributed by atoms with Crippen LogP contribution < -0.4 is 10.5 Å². The highest BCUT2D eigenvalue weighted by Gasteiger charge is 2.26. The Hall–Kier alpha value is -3.74. The van der Waals surface area contributed by atoms with Gasteiger partial charge in [-0.15, -0.1) is 0 Å². The maximum absolute atomic E-state index is 12.9. The van der Waals surface area contributed by atoms with Crippen LogP contribution in [0.5, 0.6) is 5.75 Å². The summed E-state index contributed by atoms with van der Waals surface area (Å²) in [6.07, 6.45) is 7.28. The highest BCUT2D eigenvalue weighted by atomic mass is 16.5. The van der Waals surface area contributed by atoms with Crippen LogP contribution in [0.1, 0.15) is 23.2 Å². The van der Waals surface area contributed by atoms with Gasteiger partial charge < -0.3 is 24.3 Å². The van der Waals surface area contributed by atoms with Gasteiger partial charge in [0, 0.05) is 55.4 Å². The number of primary amides is 1. The molecule has 7 heteroatoms. The van der Waals surface area contributed by atoms with E-state index in [1.165, 1.54) is 0 Å². The van der Waals surface area contributed by atoms with Crippen molar-refractivity contribution in [3.8, 4) is 5.75 Å². The number of pyridine rings is 1. The van der Waals surface area contributed by atoms with E-state index >= 15 is 0 Å². The minimum absolute atomic E-state index is 0.0437. The van der Waals surface area contributed by atoms with E-state index in [1.807, 2.05) is 81.0 Å². The fourth-order valence-corrected chi connectivity index (χ4v) is 4.31. The van der Waals surface area contributed by atoms with E-state index in [0.29, 0.717) is 18.7 Å². The molecule has 0 radical (unpaired) electrons. The molecule has 4 aromatic rings. The molecule has 0 bridgehead atoms. The number of ether oxygens (including phenoxy) is 1. The molecule has 4 heterocycles. The zero-order valence-electron chi connectivity index (χ0n) is 17.1. The standard InChI is InChI=1S/C24H24N4O3/c25-23(29)16-28-13-9-20-21(28)5-3-6-22(20)31-19-7-11-26(12-8-19)24(30)17-14-18-4-1-2-10-27(18)15-17/h1-6,9-10,13-15,19H,7-8,11-12,16H2,(H2,25,29). The molecule has 1 aromatic carbocycles. The maximum atomic E-state index is 12.9. The average molecular weight is 416 g/mol. The van der Waals surface area contributed by atoms with Gasteiger partial charge in [-0.1, -0.05) is 12.1 Å². The largest absolute Gasteiger partial charge is 0.490 e. The van der Waals surface area contributed by atoms with Gasteiger partial charge in [0.15, 0.2) is 0 Å². The van der Waals surface area contributed by atoms with E-state index in [4.69, 9.17) is 10.5 Å². The van der Waals surface area contributed by atoms with Gasteiger partial charge in [-0.3, -0.25) is 9.59 Å². The van der Waals surface area contributed by atoms with Gasteiger partial charge >= 0.3 is 0 Å². The fourth-order valence-electron chi connectivity index (χ4n) is 4.31. The highest BCUT2D eigenvalue weighted by Crippen LogP contribution is 2.29. The van der Waals surface area contributed by atoms with E-state index < -0.39 is 0 Å². The third kappa shape index (κ3) is 3.74. The monoisotopic (exact) mass is 416 g/mol. The molecule has 31 heavy (non-hydrogen) atoms. The summed E-state index contributed by atoms with van der Waals surface area (Å²) in [6, 6.07) is 15.6. The normalized spacial score (nSPS) is 14.9. The fraction of sp³-hybridized carbons (Fsp3) is 0.250. The summed E-state index contributed by atoms with van der Waals surface area (Å²) in [5.41, 5.74) is 7.99. The van der Waals surface area contributed by atoms with Crippen LogP contribution in [0, 0.1) is 0 Å². The van der Waals surface area contributed by atoms with Crippen molar-refractivity contribution in [2.75, 3.05) is 13.1 Å². The Bertz CT molecular complexity index is 1230. The molecule has 1 aliphatic rings. The summed E-state index contributed by atoms with van der Waals surface area (Å²) in [5.74, 6) is 0.480. The number of nitrogens with zero attached hydrogens (tertiary/aromatic N) is 3. The lowest BCUT2D eigenvalue weighted by Gasteiger charge is -2.32. The van der Waals surface area contributed by atoms with Crippen molar-refractivity contribution < 1.29 is 14.3 Å². The average Bonchev–Trinajstić information content (AvgIpc) is 3.38. The Morgan fingerprint density at radius 2 is 1.87 bits per heavy atom. The zero-order chi connectivity index (χ0) is 21.4. The van der Waals surface area contributed by atoms with Gasteiger partial charge in [-0.25, -0.2) is 0 Å². The zero-order valence-corrected chi connectivity index (χ0v) is 17.1. The molecular weight excluding hydrogens is 392 g/mol. The first-order chi connectivity index (χ1) is 15.1. The molecule has 5 rings (SSSR count). The van der Waals surface area contributed by atoms with Gasteiger partial charge in [0.05, 0.1) is 11.1 Å². The third-order valence-corrected chi connectivity index (χ3v) is 5.87. The smallest absolute Gasteiger partial charge is 0.255 e. The molecule has 0 atom stereocenters. The lowest BCUT2D eigenvalue weighted by Crippen LogP contribution is -2.41. The number of fused-ring (bicyclic) bond motifs is 2. The van der Waals surface area contributed by atoms with Crippen LogP contribution >= 0.6 is 0 Å². The number of benzene rings is 1. The van der Waals surface area contributed by atoms with Crippen molar-refractivity contribution in [3.05, 3.63) is 72.7 Å². The Morgan fingerprint density at radius 3 is 2.65 bits per heavy atom. The molecule has 2 N–H and O–H groups in total. The number of piperidine rings is 1. The first-order valence-corrected chi connectivity index (χ1v) is 10.5. The minimum atomic E-state index is -0.378. The highest BCUT2D eigenvalue weighted by molar-refractivity contribution is 5.95. The summed E-state index contributed by atoms with van der Waals surface area (Å²) in [7, 11) is 0. The Balaban J connectivity index is 1.25. The molecule has 0 aliphatic carbocycles. The predicted octanol–water partition coefficient (Wildman–Crippen LogP) is 3.06. The SMILES string of the molecule is NC(=O)Cn1ccc2c(OC3CCN(C(=O)c4cc5ccccn5c4)CC3)cccc21. The van der Waals surface area contributed by atoms with Crippen molar-refractivity contribution >= 4 is 28.2 Å². The second-order valence-corrected chi connectivity index (χ2v) is 7.97. The molecule has 0 saturated carbocycles. The number of hydrogen-bond acceptors (Lipinski definition) is 3. The van der Waals surface area contributed by atoms with Crippen LogP contribution in [0.15, 0.2) is 67.1 Å². The topological polar surface area (TPSA) is 82.0 Å². The first kappa shape index (κ1) is 19.2. The number of aromatic nitrogens is 2. The van der Waals surface area contributed by atoms with Gasteiger partial charge in [0.25, 0.3) is 5.91 Å². The van der Waals surface area contributed by atoms with Crippen molar-refractivity contribution in [2.24, 2.45) is 5.73 Å². The van der Waals surface area contributed by atoms with Gasteiger partial charge in [0.1, 0.15) is 18.4 Å². The van der Waals surface area contributed by atoms with Gasteiger partial charge in [-0.2, -0.15) is 0 Å². The Kier molecular flexibility index (Phi) is 4.86. The Morgan fingerprint density at radius 1 is 1.03 bits per heavy atom. The lowest BCUT2D eigenvalue weighted by molar-refractivity contribution is -0.118. The molecular formula is C24H24N4O3. The van der Waals surface area contributed by atoms with Crippen molar-refractivity contribution in [1.82, 2.24) is 13.9 Å². The summed E-state index contributed by atoms with van der Waals surface area (Å²) < 4.78 is 10.1. The second kappa shape index (κ2) is 7.83. The molecule has 3 aromatic heterocycles. The molecule has 2 amide bonds. The number of carbonyl (C=O) groups excluding carboxylic acids is 2. The van der Waals surface area contributed by atoms with Crippen LogP contribution in [0.2, 0.25) is 0 Å². The molecule has 1 aliphatic heterocycles. The number of carbonyl (C=O) groups is 2. The number of likely N-dealkylation sites (tertiary alicyclic amines) is 1. The molecule has 1 fully saturated rings. The van der Waals surface area contributed by atoms with E-state index in [1.54, 1.807) is 0 Å². The number of rotatable bonds is 5. The number of nitrogens with two attached hydrogens (primary N) is 1. The number of amides is 2. The van der Waals surface area contributed by atoms with Gasteiger partial charge in [0.2, 0.25) is 5.91 Å². The van der Waals surface area contributed by atoms with Crippen LogP contribution in [0.4, 0.5) is 0 Å². The van der Waals surface area contributed by atoms with E-state index in [2.05, 4.69) is 0 Å². The van der Waals surface area contributed by atoms with Crippen molar-refractivity contribution in [2.45, 2.75) is 25.5 Å². The first-order valence-electron chi connectivity index (χ1n) is 10.5. The quantitative estimate of drug-likeness (QED) is 0.543. The van der Waals surface area contributed by atoms with Crippen molar-refractivity contribution in [3.63, 3.8) is 0 Å². The van der Waals surface area contributed by atoms with E-state index in [-0.39, 0.29) is 24.5 Å². The minimum Gasteiger partial charge on any atom is -0.490 e. The Labute approximate surface area is 179 Å². The second-order valence-electron chi connectivity index (χ2n) is 7.97. The number of hydrogen-bond donors (Lipinski definition) is 1. The molecule has 7 nitrogen and oxygen atoms in total. The predicted molar refractivity (Wildman–Crippen MR) is 118 cm³/mol. The van der Waals surface area contributed by atoms with Gasteiger partial charge in [-0.05, 0) is 36.4 Å². The summed E-state index contributed by atoms with van der Waals surface area (Å²) in [6.45, 7) is 1.46. The van der Waals surface area contributed by atoms with Crippen LogP contribution in [0.25, 0.3) is 16.4 Å². The van der Waals surface area contributed by atoms with E-state index in [9.17, 15) is 9.59 Å². The molecule has 158 valence electrons. The maximum Gasteiger partial charge on any atom is 0.255 e. The molecule has 0 spiro atoms. The lowest BCUT2D eigenvalue weighted by atomic mass is 10.1. The van der Waals surface area contributed by atoms with Crippen molar-refractivity contribution in [1.29, 1.82) is 0 Å². The molecule has 0 unspecified atom stereocenters. The summed E-state index contributed by atoms with van der Waals surface area (Å²) in [4.78, 5) is 26.1. The van der Waals surface area contributed by atoms with Crippen LogP contribution in [0.3, 0.4) is 0 Å². The summed E-state index contributed by atoms with van der Waals surface area (Å²) in [5, 5.41) is 0.961.